The average molecular weight is 305 g/mol. The number of halogens is 2. The summed E-state index contributed by atoms with van der Waals surface area (Å²) in [6.45, 7) is 4.25. The van der Waals surface area contributed by atoms with E-state index in [0.717, 1.165) is 12.8 Å². The topological polar surface area (TPSA) is 53.4 Å². The van der Waals surface area contributed by atoms with Crippen LogP contribution in [0, 0.1) is 0 Å². The normalized spacial score (nSPS) is 10.8. The number of aliphatic hydroxyl groups excluding tert-OH is 1. The average Bonchev–Trinajstić information content (AvgIpc) is 2.41. The molecule has 4 nitrogen and oxygen atoms in total. The summed E-state index contributed by atoms with van der Waals surface area (Å²) in [5, 5.41) is 9.54. The van der Waals surface area contributed by atoms with Gasteiger partial charge in [-0.1, -0.05) is 37.0 Å². The van der Waals surface area contributed by atoms with Crippen molar-refractivity contribution >= 4 is 29.1 Å². The van der Waals surface area contributed by atoms with Crippen molar-refractivity contribution in [1.82, 2.24) is 9.88 Å². The zero-order valence-corrected chi connectivity index (χ0v) is 12.6. The lowest BCUT2D eigenvalue weighted by atomic mass is 10.1. The largest absolute Gasteiger partial charge is 0.395 e. The molecule has 0 spiro atoms. The van der Waals surface area contributed by atoms with Gasteiger partial charge in [-0.25, -0.2) is 4.98 Å². The molecule has 1 rings (SSSR count). The van der Waals surface area contributed by atoms with Gasteiger partial charge in [0.1, 0.15) is 5.15 Å². The van der Waals surface area contributed by atoms with Crippen LogP contribution in [0.25, 0.3) is 0 Å². The fourth-order valence-electron chi connectivity index (χ4n) is 1.99. The summed E-state index contributed by atoms with van der Waals surface area (Å²) in [6, 6.07) is 1.60. The summed E-state index contributed by atoms with van der Waals surface area (Å²) < 4.78 is 0. The highest BCUT2D eigenvalue weighted by atomic mass is 35.5. The second kappa shape index (κ2) is 7.68. The molecular weight excluding hydrogens is 287 g/mol. The van der Waals surface area contributed by atoms with E-state index in [1.807, 2.05) is 13.8 Å². The van der Waals surface area contributed by atoms with Crippen LogP contribution in [0.1, 0.15) is 37.0 Å². The Morgan fingerprint density at radius 1 is 1.42 bits per heavy atom. The molecule has 1 amide bonds. The minimum Gasteiger partial charge on any atom is -0.395 e. The molecule has 0 unspecified atom stereocenters. The molecule has 1 N–H and O–H groups in total. The molecule has 0 atom stereocenters. The summed E-state index contributed by atoms with van der Waals surface area (Å²) in [5.74, 6) is -0.186. The number of amides is 1. The van der Waals surface area contributed by atoms with Crippen LogP contribution in [0.15, 0.2) is 12.3 Å². The second-order valence-electron chi connectivity index (χ2n) is 4.19. The van der Waals surface area contributed by atoms with E-state index in [2.05, 4.69) is 4.98 Å². The van der Waals surface area contributed by atoms with Crippen molar-refractivity contribution in [2.45, 2.75) is 32.7 Å². The number of hydrogen-bond donors (Lipinski definition) is 1. The maximum absolute atomic E-state index is 12.4. The van der Waals surface area contributed by atoms with E-state index in [-0.39, 0.29) is 28.7 Å². The number of aliphatic hydroxyl groups is 1. The van der Waals surface area contributed by atoms with Gasteiger partial charge in [-0.05, 0) is 18.9 Å². The van der Waals surface area contributed by atoms with Crippen molar-refractivity contribution in [2.24, 2.45) is 0 Å². The van der Waals surface area contributed by atoms with E-state index in [1.165, 1.54) is 12.3 Å². The number of aromatic nitrogens is 1. The van der Waals surface area contributed by atoms with E-state index < -0.39 is 0 Å². The standard InChI is InChI=1S/C13H18Cl2N2O2/c1-3-10(4-2)17(5-6-18)13(19)9-7-11(14)12(15)16-8-9/h7-8,10,18H,3-6H2,1-2H3. The number of hydrogen-bond acceptors (Lipinski definition) is 3. The maximum atomic E-state index is 12.4. The molecule has 0 aliphatic carbocycles. The van der Waals surface area contributed by atoms with Crippen molar-refractivity contribution in [3.05, 3.63) is 28.0 Å². The third-order valence-corrected chi connectivity index (χ3v) is 3.71. The number of pyridine rings is 1. The number of nitrogens with zero attached hydrogens (tertiary/aromatic N) is 2. The first-order valence-electron chi connectivity index (χ1n) is 6.27. The Balaban J connectivity index is 3.01. The maximum Gasteiger partial charge on any atom is 0.255 e. The van der Waals surface area contributed by atoms with Gasteiger partial charge in [-0.3, -0.25) is 4.79 Å². The van der Waals surface area contributed by atoms with Crippen LogP contribution in [-0.2, 0) is 0 Å². The Hall–Kier alpha value is -0.840. The highest BCUT2D eigenvalue weighted by Gasteiger charge is 2.22. The summed E-state index contributed by atoms with van der Waals surface area (Å²) in [6.07, 6.45) is 3.07. The van der Waals surface area contributed by atoms with Crippen molar-refractivity contribution < 1.29 is 9.90 Å². The fraction of sp³-hybridized carbons (Fsp3) is 0.538. The smallest absolute Gasteiger partial charge is 0.255 e. The van der Waals surface area contributed by atoms with Crippen molar-refractivity contribution in [1.29, 1.82) is 0 Å². The number of carbonyl (C=O) groups is 1. The predicted octanol–water partition coefficient (Wildman–Crippen LogP) is 3.01. The molecule has 0 radical (unpaired) electrons. The molecule has 0 fully saturated rings. The molecule has 1 aromatic heterocycles. The van der Waals surface area contributed by atoms with Gasteiger partial charge >= 0.3 is 0 Å². The molecule has 0 aliphatic heterocycles. The summed E-state index contributed by atoms with van der Waals surface area (Å²) in [5.41, 5.74) is 0.384. The van der Waals surface area contributed by atoms with Crippen LogP contribution in [0.4, 0.5) is 0 Å². The van der Waals surface area contributed by atoms with Gasteiger partial charge in [0.25, 0.3) is 5.91 Å². The molecule has 0 saturated carbocycles. The molecule has 0 aromatic carbocycles. The van der Waals surface area contributed by atoms with Crippen LogP contribution in [0.5, 0.6) is 0 Å². The van der Waals surface area contributed by atoms with Crippen molar-refractivity contribution in [3.8, 4) is 0 Å². The third kappa shape index (κ3) is 4.06. The lowest BCUT2D eigenvalue weighted by molar-refractivity contribution is 0.0622. The molecule has 0 aliphatic rings. The Labute approximate surface area is 123 Å². The van der Waals surface area contributed by atoms with Crippen molar-refractivity contribution in [2.75, 3.05) is 13.2 Å². The minimum absolute atomic E-state index is 0.0724. The zero-order valence-electron chi connectivity index (χ0n) is 11.1. The quantitative estimate of drug-likeness (QED) is 0.822. The van der Waals surface area contributed by atoms with Crippen molar-refractivity contribution in [3.63, 3.8) is 0 Å². The highest BCUT2D eigenvalue weighted by molar-refractivity contribution is 6.41. The lowest BCUT2D eigenvalue weighted by Crippen LogP contribution is -2.41. The van der Waals surface area contributed by atoms with Gasteiger partial charge in [-0.2, -0.15) is 0 Å². The Morgan fingerprint density at radius 3 is 2.53 bits per heavy atom. The van der Waals surface area contributed by atoms with Gasteiger partial charge < -0.3 is 10.0 Å². The van der Waals surface area contributed by atoms with E-state index in [0.29, 0.717) is 12.1 Å². The van der Waals surface area contributed by atoms with E-state index >= 15 is 0 Å². The lowest BCUT2D eigenvalue weighted by Gasteiger charge is -2.30. The number of rotatable bonds is 6. The summed E-state index contributed by atoms with van der Waals surface area (Å²) >= 11 is 11.6. The van der Waals surface area contributed by atoms with Gasteiger partial charge in [0.15, 0.2) is 0 Å². The first kappa shape index (κ1) is 16.2. The molecule has 1 aromatic rings. The van der Waals surface area contributed by atoms with Crippen LogP contribution in [0.3, 0.4) is 0 Å². The van der Waals surface area contributed by atoms with Gasteiger partial charge in [0.2, 0.25) is 0 Å². The minimum atomic E-state index is -0.186. The van der Waals surface area contributed by atoms with E-state index in [9.17, 15) is 4.79 Å². The monoisotopic (exact) mass is 304 g/mol. The van der Waals surface area contributed by atoms with E-state index in [1.54, 1.807) is 4.90 Å². The first-order valence-corrected chi connectivity index (χ1v) is 7.03. The van der Waals surface area contributed by atoms with Crippen LogP contribution < -0.4 is 0 Å². The third-order valence-electron chi connectivity index (χ3n) is 3.03. The SMILES string of the molecule is CCC(CC)N(CCO)C(=O)c1cnc(Cl)c(Cl)c1. The summed E-state index contributed by atoms with van der Waals surface area (Å²) in [7, 11) is 0. The van der Waals surface area contributed by atoms with Gasteiger partial charge in [0.05, 0.1) is 17.2 Å². The summed E-state index contributed by atoms with van der Waals surface area (Å²) in [4.78, 5) is 18.0. The predicted molar refractivity (Wildman–Crippen MR) is 76.7 cm³/mol. The molecule has 6 heteroatoms. The molecule has 0 bridgehead atoms. The first-order chi connectivity index (χ1) is 9.04. The fourth-order valence-corrected chi connectivity index (χ4v) is 2.26. The van der Waals surface area contributed by atoms with Gasteiger partial charge in [-0.15, -0.1) is 0 Å². The highest BCUT2D eigenvalue weighted by Crippen LogP contribution is 2.21. The Morgan fingerprint density at radius 2 is 2.05 bits per heavy atom. The van der Waals surface area contributed by atoms with Gasteiger partial charge in [0, 0.05) is 18.8 Å². The Bertz CT molecular complexity index is 437. The molecule has 106 valence electrons. The molecular formula is C13H18Cl2N2O2. The van der Waals surface area contributed by atoms with Crippen LogP contribution >= 0.6 is 23.2 Å². The zero-order chi connectivity index (χ0) is 14.4. The van der Waals surface area contributed by atoms with Crippen LogP contribution in [-0.4, -0.2) is 40.1 Å². The molecule has 0 saturated heterocycles. The second-order valence-corrected chi connectivity index (χ2v) is 4.95. The molecule has 19 heavy (non-hydrogen) atoms. The number of carbonyl (C=O) groups excluding carboxylic acids is 1. The van der Waals surface area contributed by atoms with Crippen LogP contribution in [0.2, 0.25) is 10.2 Å². The van der Waals surface area contributed by atoms with E-state index in [4.69, 9.17) is 28.3 Å². The Kier molecular flexibility index (Phi) is 6.55. The molecule has 1 heterocycles.